The van der Waals surface area contributed by atoms with E-state index in [-0.39, 0.29) is 5.82 Å². The molecule has 1 aromatic rings. The molecule has 0 bridgehead atoms. The van der Waals surface area contributed by atoms with Gasteiger partial charge in [-0.05, 0) is 41.9 Å². The van der Waals surface area contributed by atoms with Crippen LogP contribution in [0.3, 0.4) is 0 Å². The van der Waals surface area contributed by atoms with Gasteiger partial charge in [0.25, 0.3) is 0 Å². The monoisotopic (exact) mass is 242 g/mol. The Morgan fingerprint density at radius 3 is 2.50 bits per heavy atom. The third-order valence-electron chi connectivity index (χ3n) is 2.18. The lowest BCUT2D eigenvalue weighted by Crippen LogP contribution is -2.03. The highest BCUT2D eigenvalue weighted by Crippen LogP contribution is 2.21. The summed E-state index contributed by atoms with van der Waals surface area (Å²) in [7, 11) is 0. The number of aliphatic hydroxyl groups excluding tert-OH is 1. The van der Waals surface area contributed by atoms with E-state index < -0.39 is 6.10 Å². The highest BCUT2D eigenvalue weighted by Gasteiger charge is 2.09. The summed E-state index contributed by atoms with van der Waals surface area (Å²) in [5.41, 5.74) is 1.52. The van der Waals surface area contributed by atoms with Gasteiger partial charge >= 0.3 is 0 Å². The number of aliphatic hydroxyl groups is 1. The summed E-state index contributed by atoms with van der Waals surface area (Å²) < 4.78 is 13.1. The maximum Gasteiger partial charge on any atom is 0.123 e. The standard InChI is InChI=1S/C13H19FOS/c1-9(2)7-16-8-13(15)11-4-10(3)5-12(14)6-11/h4-6,9,13,15H,7-8H2,1-3H3. The van der Waals surface area contributed by atoms with Crippen molar-refractivity contribution in [2.75, 3.05) is 11.5 Å². The maximum absolute atomic E-state index is 13.1. The molecule has 0 aliphatic rings. The summed E-state index contributed by atoms with van der Waals surface area (Å²) in [6.45, 7) is 6.12. The van der Waals surface area contributed by atoms with Crippen LogP contribution in [-0.4, -0.2) is 16.6 Å². The predicted molar refractivity (Wildman–Crippen MR) is 68.3 cm³/mol. The molecule has 1 rings (SSSR count). The Bertz CT molecular complexity index is 318. The van der Waals surface area contributed by atoms with Crippen molar-refractivity contribution >= 4 is 11.8 Å². The van der Waals surface area contributed by atoms with E-state index >= 15 is 0 Å². The van der Waals surface area contributed by atoms with E-state index in [2.05, 4.69) is 13.8 Å². The normalized spacial score (nSPS) is 13.1. The number of hydrogen-bond acceptors (Lipinski definition) is 2. The first-order valence-electron chi connectivity index (χ1n) is 5.52. The Labute approximate surface area is 101 Å². The summed E-state index contributed by atoms with van der Waals surface area (Å²) in [6, 6.07) is 4.72. The van der Waals surface area contributed by atoms with Crippen molar-refractivity contribution in [3.63, 3.8) is 0 Å². The summed E-state index contributed by atoms with van der Waals surface area (Å²) in [4.78, 5) is 0. The quantitative estimate of drug-likeness (QED) is 0.852. The summed E-state index contributed by atoms with van der Waals surface area (Å²) >= 11 is 1.70. The second-order valence-electron chi connectivity index (χ2n) is 4.51. The average molecular weight is 242 g/mol. The Kier molecular flexibility index (Phi) is 5.29. The zero-order chi connectivity index (χ0) is 12.1. The van der Waals surface area contributed by atoms with Gasteiger partial charge in [-0.2, -0.15) is 11.8 Å². The molecule has 1 N–H and O–H groups in total. The van der Waals surface area contributed by atoms with Crippen molar-refractivity contribution in [2.24, 2.45) is 5.92 Å². The third kappa shape index (κ3) is 4.54. The number of halogens is 1. The number of thioether (sulfide) groups is 1. The van der Waals surface area contributed by atoms with Crippen molar-refractivity contribution < 1.29 is 9.50 Å². The average Bonchev–Trinajstić information content (AvgIpc) is 2.15. The summed E-state index contributed by atoms with van der Waals surface area (Å²) in [5, 5.41) is 9.89. The van der Waals surface area contributed by atoms with E-state index in [1.54, 1.807) is 11.8 Å². The zero-order valence-corrected chi connectivity index (χ0v) is 10.9. The van der Waals surface area contributed by atoms with Gasteiger partial charge in [-0.3, -0.25) is 0 Å². The fraction of sp³-hybridized carbons (Fsp3) is 0.538. The van der Waals surface area contributed by atoms with Crippen LogP contribution in [-0.2, 0) is 0 Å². The van der Waals surface area contributed by atoms with Crippen LogP contribution in [0.4, 0.5) is 4.39 Å². The van der Waals surface area contributed by atoms with Gasteiger partial charge in [-0.25, -0.2) is 4.39 Å². The number of aryl methyl sites for hydroxylation is 1. The molecule has 0 spiro atoms. The molecule has 0 radical (unpaired) electrons. The van der Waals surface area contributed by atoms with Crippen LogP contribution in [0.15, 0.2) is 18.2 Å². The van der Waals surface area contributed by atoms with Crippen LogP contribution in [0.5, 0.6) is 0 Å². The van der Waals surface area contributed by atoms with Crippen molar-refractivity contribution in [3.8, 4) is 0 Å². The summed E-state index contributed by atoms with van der Waals surface area (Å²) in [6.07, 6.45) is -0.571. The Hall–Kier alpha value is -0.540. The molecule has 1 atom stereocenters. The highest BCUT2D eigenvalue weighted by atomic mass is 32.2. The minimum absolute atomic E-state index is 0.275. The molecule has 16 heavy (non-hydrogen) atoms. The summed E-state index contributed by atoms with van der Waals surface area (Å²) in [5.74, 6) is 1.99. The molecule has 0 saturated heterocycles. The Morgan fingerprint density at radius 2 is 1.94 bits per heavy atom. The van der Waals surface area contributed by atoms with Crippen LogP contribution in [0.25, 0.3) is 0 Å². The first-order chi connectivity index (χ1) is 7.49. The SMILES string of the molecule is Cc1cc(F)cc(C(O)CSCC(C)C)c1. The minimum atomic E-state index is -0.571. The smallest absolute Gasteiger partial charge is 0.123 e. The van der Waals surface area contributed by atoms with Gasteiger partial charge in [0.05, 0.1) is 6.10 Å². The zero-order valence-electron chi connectivity index (χ0n) is 10.0. The molecular formula is C13H19FOS. The van der Waals surface area contributed by atoms with Gasteiger partial charge < -0.3 is 5.11 Å². The van der Waals surface area contributed by atoms with Gasteiger partial charge in [-0.15, -0.1) is 0 Å². The minimum Gasteiger partial charge on any atom is -0.388 e. The second-order valence-corrected chi connectivity index (χ2v) is 5.58. The van der Waals surface area contributed by atoms with Crippen molar-refractivity contribution in [1.82, 2.24) is 0 Å². The first kappa shape index (κ1) is 13.5. The van der Waals surface area contributed by atoms with E-state index in [4.69, 9.17) is 0 Å². The molecular weight excluding hydrogens is 223 g/mol. The lowest BCUT2D eigenvalue weighted by atomic mass is 10.1. The number of hydrogen-bond donors (Lipinski definition) is 1. The second kappa shape index (κ2) is 6.26. The molecule has 0 aromatic heterocycles. The van der Waals surface area contributed by atoms with Crippen molar-refractivity contribution in [2.45, 2.75) is 26.9 Å². The topological polar surface area (TPSA) is 20.2 Å². The van der Waals surface area contributed by atoms with E-state index in [0.29, 0.717) is 17.2 Å². The molecule has 0 heterocycles. The van der Waals surface area contributed by atoms with Crippen LogP contribution < -0.4 is 0 Å². The molecule has 1 aromatic carbocycles. The molecule has 0 amide bonds. The molecule has 3 heteroatoms. The van der Waals surface area contributed by atoms with E-state index in [9.17, 15) is 9.50 Å². The van der Waals surface area contributed by atoms with Gasteiger partial charge in [-0.1, -0.05) is 19.9 Å². The van der Waals surface area contributed by atoms with Gasteiger partial charge in [0.1, 0.15) is 5.82 Å². The molecule has 0 aliphatic heterocycles. The molecule has 0 fully saturated rings. The number of benzene rings is 1. The molecule has 1 nitrogen and oxygen atoms in total. The Morgan fingerprint density at radius 1 is 1.25 bits per heavy atom. The molecule has 0 saturated carbocycles. The van der Waals surface area contributed by atoms with Gasteiger partial charge in [0.2, 0.25) is 0 Å². The molecule has 0 aliphatic carbocycles. The fourth-order valence-corrected chi connectivity index (χ4v) is 2.49. The van der Waals surface area contributed by atoms with E-state index in [1.165, 1.54) is 12.1 Å². The lowest BCUT2D eigenvalue weighted by Gasteiger charge is -2.12. The van der Waals surface area contributed by atoms with Crippen LogP contribution in [0.1, 0.15) is 31.1 Å². The van der Waals surface area contributed by atoms with Crippen LogP contribution in [0.2, 0.25) is 0 Å². The van der Waals surface area contributed by atoms with Crippen molar-refractivity contribution in [3.05, 3.63) is 35.1 Å². The van der Waals surface area contributed by atoms with Gasteiger partial charge in [0, 0.05) is 5.75 Å². The fourth-order valence-electron chi connectivity index (χ4n) is 1.47. The molecule has 1 unspecified atom stereocenters. The van der Waals surface area contributed by atoms with E-state index in [0.717, 1.165) is 11.3 Å². The lowest BCUT2D eigenvalue weighted by molar-refractivity contribution is 0.203. The van der Waals surface area contributed by atoms with Crippen LogP contribution in [0, 0.1) is 18.7 Å². The Balaban J connectivity index is 2.55. The number of rotatable bonds is 5. The largest absolute Gasteiger partial charge is 0.388 e. The first-order valence-corrected chi connectivity index (χ1v) is 6.67. The van der Waals surface area contributed by atoms with Crippen molar-refractivity contribution in [1.29, 1.82) is 0 Å². The predicted octanol–water partition coefficient (Wildman–Crippen LogP) is 3.56. The van der Waals surface area contributed by atoms with E-state index in [1.807, 2.05) is 13.0 Å². The maximum atomic E-state index is 13.1. The van der Waals surface area contributed by atoms with Gasteiger partial charge in [0.15, 0.2) is 0 Å². The highest BCUT2D eigenvalue weighted by molar-refractivity contribution is 7.99. The third-order valence-corrected chi connectivity index (χ3v) is 3.63. The molecule has 90 valence electrons. The van der Waals surface area contributed by atoms with Crippen LogP contribution >= 0.6 is 11.8 Å².